The van der Waals surface area contributed by atoms with Crippen LogP contribution < -0.4 is 10.2 Å². The van der Waals surface area contributed by atoms with Gasteiger partial charge in [0, 0.05) is 25.3 Å². The first-order valence-electron chi connectivity index (χ1n) is 7.48. The van der Waals surface area contributed by atoms with Crippen LogP contribution in [0.1, 0.15) is 38.4 Å². The minimum Gasteiger partial charge on any atom is -0.356 e. The van der Waals surface area contributed by atoms with Gasteiger partial charge in [-0.2, -0.15) is 0 Å². The van der Waals surface area contributed by atoms with E-state index in [2.05, 4.69) is 50.0 Å². The van der Waals surface area contributed by atoms with E-state index in [0.717, 1.165) is 43.6 Å². The highest BCUT2D eigenvalue weighted by atomic mass is 15.2. The summed E-state index contributed by atoms with van der Waals surface area (Å²) in [5.74, 6) is 2.65. The first kappa shape index (κ1) is 14.3. The number of hydrogen-bond donors (Lipinski definition) is 1. The fourth-order valence-electron chi connectivity index (χ4n) is 2.63. The van der Waals surface area contributed by atoms with Crippen LogP contribution in [0.2, 0.25) is 0 Å². The lowest BCUT2D eigenvalue weighted by atomic mass is 10.2. The van der Waals surface area contributed by atoms with Gasteiger partial charge >= 0.3 is 0 Å². The van der Waals surface area contributed by atoms with Gasteiger partial charge in [-0.1, -0.05) is 20.8 Å². The van der Waals surface area contributed by atoms with E-state index in [4.69, 9.17) is 4.98 Å². The van der Waals surface area contributed by atoms with Gasteiger partial charge in [0.2, 0.25) is 0 Å². The predicted octanol–water partition coefficient (Wildman–Crippen LogP) is 2.98. The van der Waals surface area contributed by atoms with Gasteiger partial charge in [-0.15, -0.1) is 0 Å². The minimum absolute atomic E-state index is 0.696. The predicted molar refractivity (Wildman–Crippen MR) is 81.5 cm³/mol. The van der Waals surface area contributed by atoms with Crippen molar-refractivity contribution in [1.82, 2.24) is 10.3 Å². The normalized spacial score (nSPS) is 19.4. The summed E-state index contributed by atoms with van der Waals surface area (Å²) >= 11 is 0. The van der Waals surface area contributed by atoms with Gasteiger partial charge < -0.3 is 10.2 Å². The Labute approximate surface area is 117 Å². The summed E-state index contributed by atoms with van der Waals surface area (Å²) in [7, 11) is 0. The number of nitrogens with one attached hydrogen (secondary N) is 1. The van der Waals surface area contributed by atoms with Gasteiger partial charge in [0.25, 0.3) is 0 Å². The largest absolute Gasteiger partial charge is 0.356 e. The van der Waals surface area contributed by atoms with Crippen LogP contribution in [0.15, 0.2) is 12.1 Å². The number of aromatic nitrogens is 1. The molecule has 1 saturated heterocycles. The smallest absolute Gasteiger partial charge is 0.129 e. The molecule has 0 bridgehead atoms. The number of aryl methyl sites for hydroxylation is 1. The molecule has 2 heterocycles. The van der Waals surface area contributed by atoms with Crippen molar-refractivity contribution in [3.63, 3.8) is 0 Å². The second kappa shape index (κ2) is 6.38. The first-order chi connectivity index (χ1) is 9.04. The summed E-state index contributed by atoms with van der Waals surface area (Å²) in [4.78, 5) is 7.11. The number of rotatable bonds is 5. The molecule has 0 saturated carbocycles. The Bertz CT molecular complexity index is 414. The minimum atomic E-state index is 0.696. The molecular formula is C16H27N3. The molecule has 1 aromatic heterocycles. The Morgan fingerprint density at radius 2 is 2.21 bits per heavy atom. The monoisotopic (exact) mass is 261 g/mol. The fourth-order valence-corrected chi connectivity index (χ4v) is 2.63. The second-order valence-corrected chi connectivity index (χ2v) is 6.34. The van der Waals surface area contributed by atoms with Crippen molar-refractivity contribution >= 4 is 5.82 Å². The zero-order valence-electron chi connectivity index (χ0n) is 12.7. The molecule has 1 aliphatic rings. The molecule has 0 spiro atoms. The number of nitrogens with zero attached hydrogens (tertiary/aromatic N) is 2. The van der Waals surface area contributed by atoms with Crippen molar-refractivity contribution in [2.45, 2.75) is 40.7 Å². The van der Waals surface area contributed by atoms with Gasteiger partial charge in [0.05, 0.1) is 0 Å². The van der Waals surface area contributed by atoms with E-state index >= 15 is 0 Å². The van der Waals surface area contributed by atoms with E-state index in [9.17, 15) is 0 Å². The SMILES string of the molecule is Cc1cc(CNCC(C)C)cc(N2CCC(C)C2)n1. The molecule has 1 aromatic rings. The summed E-state index contributed by atoms with van der Waals surface area (Å²) < 4.78 is 0. The summed E-state index contributed by atoms with van der Waals surface area (Å²) in [5, 5.41) is 3.51. The lowest BCUT2D eigenvalue weighted by Crippen LogP contribution is -2.22. The molecular weight excluding hydrogens is 234 g/mol. The Morgan fingerprint density at radius 1 is 1.42 bits per heavy atom. The Morgan fingerprint density at radius 3 is 2.84 bits per heavy atom. The van der Waals surface area contributed by atoms with Crippen LogP contribution in [0.4, 0.5) is 5.82 Å². The molecule has 0 aliphatic carbocycles. The molecule has 0 radical (unpaired) electrons. The lowest BCUT2D eigenvalue weighted by Gasteiger charge is -2.19. The van der Waals surface area contributed by atoms with E-state index in [1.807, 2.05) is 0 Å². The lowest BCUT2D eigenvalue weighted by molar-refractivity contribution is 0.552. The number of hydrogen-bond acceptors (Lipinski definition) is 3. The van der Waals surface area contributed by atoms with Crippen LogP contribution in [0.3, 0.4) is 0 Å². The zero-order valence-corrected chi connectivity index (χ0v) is 12.7. The Hall–Kier alpha value is -1.09. The van der Waals surface area contributed by atoms with Gasteiger partial charge in [0.15, 0.2) is 0 Å². The van der Waals surface area contributed by atoms with Gasteiger partial charge in [-0.05, 0) is 49.4 Å². The molecule has 1 fully saturated rings. The van der Waals surface area contributed by atoms with Gasteiger partial charge in [0.1, 0.15) is 5.82 Å². The molecule has 2 rings (SSSR count). The topological polar surface area (TPSA) is 28.2 Å². The van der Waals surface area contributed by atoms with Gasteiger partial charge in [-0.25, -0.2) is 4.98 Å². The Kier molecular flexibility index (Phi) is 4.81. The molecule has 1 unspecified atom stereocenters. The standard InChI is InChI=1S/C16H27N3/c1-12(2)9-17-10-15-7-14(4)18-16(8-15)19-6-5-13(3)11-19/h7-8,12-13,17H,5-6,9-11H2,1-4H3. The number of anilines is 1. The van der Waals surface area contributed by atoms with E-state index in [1.54, 1.807) is 0 Å². The van der Waals surface area contributed by atoms with Crippen LogP contribution in [-0.2, 0) is 6.54 Å². The third kappa shape index (κ3) is 4.20. The maximum Gasteiger partial charge on any atom is 0.129 e. The highest BCUT2D eigenvalue weighted by molar-refractivity contribution is 5.43. The molecule has 3 nitrogen and oxygen atoms in total. The summed E-state index contributed by atoms with van der Waals surface area (Å²) in [6.45, 7) is 13.2. The maximum absolute atomic E-state index is 4.69. The molecule has 1 atom stereocenters. The number of pyridine rings is 1. The van der Waals surface area contributed by atoms with E-state index < -0.39 is 0 Å². The summed E-state index contributed by atoms with van der Waals surface area (Å²) in [6.07, 6.45) is 1.29. The van der Waals surface area contributed by atoms with E-state index in [0.29, 0.717) is 5.92 Å². The molecule has 1 aliphatic heterocycles. The average molecular weight is 261 g/mol. The van der Waals surface area contributed by atoms with Crippen molar-refractivity contribution in [3.05, 3.63) is 23.4 Å². The van der Waals surface area contributed by atoms with Crippen LogP contribution in [0, 0.1) is 18.8 Å². The Balaban J connectivity index is 2.02. The fraction of sp³-hybridized carbons (Fsp3) is 0.688. The third-order valence-corrected chi connectivity index (χ3v) is 3.63. The van der Waals surface area contributed by atoms with Crippen molar-refractivity contribution in [2.24, 2.45) is 11.8 Å². The molecule has 19 heavy (non-hydrogen) atoms. The molecule has 0 amide bonds. The average Bonchev–Trinajstić information content (AvgIpc) is 2.75. The highest BCUT2D eigenvalue weighted by Crippen LogP contribution is 2.23. The third-order valence-electron chi connectivity index (χ3n) is 3.63. The van der Waals surface area contributed by atoms with E-state index in [-0.39, 0.29) is 0 Å². The maximum atomic E-state index is 4.69. The van der Waals surface area contributed by atoms with Crippen LogP contribution in [0.25, 0.3) is 0 Å². The molecule has 1 N–H and O–H groups in total. The van der Waals surface area contributed by atoms with Gasteiger partial charge in [-0.3, -0.25) is 0 Å². The van der Waals surface area contributed by atoms with Crippen LogP contribution in [-0.4, -0.2) is 24.6 Å². The van der Waals surface area contributed by atoms with Crippen molar-refractivity contribution in [3.8, 4) is 0 Å². The van der Waals surface area contributed by atoms with Crippen LogP contribution >= 0.6 is 0 Å². The quantitative estimate of drug-likeness (QED) is 0.883. The van der Waals surface area contributed by atoms with Crippen molar-refractivity contribution in [2.75, 3.05) is 24.5 Å². The highest BCUT2D eigenvalue weighted by Gasteiger charge is 2.20. The summed E-state index contributed by atoms with van der Waals surface area (Å²) in [6, 6.07) is 4.44. The molecule has 0 aromatic carbocycles. The first-order valence-corrected chi connectivity index (χ1v) is 7.48. The van der Waals surface area contributed by atoms with Crippen molar-refractivity contribution in [1.29, 1.82) is 0 Å². The van der Waals surface area contributed by atoms with Crippen LogP contribution in [0.5, 0.6) is 0 Å². The summed E-state index contributed by atoms with van der Waals surface area (Å²) in [5.41, 5.74) is 2.47. The second-order valence-electron chi connectivity index (χ2n) is 6.34. The van der Waals surface area contributed by atoms with E-state index in [1.165, 1.54) is 12.0 Å². The molecule has 3 heteroatoms. The zero-order chi connectivity index (χ0) is 13.8. The molecule has 106 valence electrons. The van der Waals surface area contributed by atoms with Crippen molar-refractivity contribution < 1.29 is 0 Å².